The van der Waals surface area contributed by atoms with Crippen LogP contribution in [0.3, 0.4) is 0 Å². The maximum Gasteiger partial charge on any atom is 0.186 e. The maximum atomic E-state index is 6.06. The summed E-state index contributed by atoms with van der Waals surface area (Å²) in [6, 6.07) is 15.6. The number of fused-ring (bicyclic) bond motifs is 3. The van der Waals surface area contributed by atoms with E-state index >= 15 is 0 Å². The minimum atomic E-state index is 0.668. The molecule has 0 N–H and O–H groups in total. The van der Waals surface area contributed by atoms with E-state index in [4.69, 9.17) is 11.6 Å². The SMILES string of the molecule is Cc1nn2c(-c3cccc(Cl)c3)nnc2c2ccccc12. The van der Waals surface area contributed by atoms with Gasteiger partial charge in [0.2, 0.25) is 0 Å². The highest BCUT2D eigenvalue weighted by Crippen LogP contribution is 2.25. The molecule has 0 fully saturated rings. The molecule has 2 aromatic carbocycles. The predicted molar refractivity (Wildman–Crippen MR) is 83.5 cm³/mol. The summed E-state index contributed by atoms with van der Waals surface area (Å²) in [5.74, 6) is 0.696. The molecule has 102 valence electrons. The van der Waals surface area contributed by atoms with Crippen molar-refractivity contribution in [2.45, 2.75) is 6.92 Å². The maximum absolute atomic E-state index is 6.06. The minimum absolute atomic E-state index is 0.668. The quantitative estimate of drug-likeness (QED) is 0.534. The third kappa shape index (κ3) is 1.87. The monoisotopic (exact) mass is 294 g/mol. The molecule has 4 nitrogen and oxygen atoms in total. The van der Waals surface area contributed by atoms with Gasteiger partial charge in [-0.15, -0.1) is 10.2 Å². The third-order valence-electron chi connectivity index (χ3n) is 3.53. The van der Waals surface area contributed by atoms with Crippen molar-refractivity contribution in [1.82, 2.24) is 19.8 Å². The largest absolute Gasteiger partial charge is 0.192 e. The Labute approximate surface area is 126 Å². The van der Waals surface area contributed by atoms with Crippen LogP contribution in [0.2, 0.25) is 5.02 Å². The summed E-state index contributed by atoms with van der Waals surface area (Å²) in [7, 11) is 0. The zero-order valence-electron chi connectivity index (χ0n) is 11.3. The fraction of sp³-hybridized carbons (Fsp3) is 0.0625. The van der Waals surface area contributed by atoms with Gasteiger partial charge in [-0.2, -0.15) is 9.61 Å². The number of rotatable bonds is 1. The Bertz CT molecular complexity index is 975. The van der Waals surface area contributed by atoms with E-state index in [-0.39, 0.29) is 0 Å². The molecule has 2 aromatic heterocycles. The Balaban J connectivity index is 2.09. The van der Waals surface area contributed by atoms with Crippen LogP contribution in [0, 0.1) is 6.92 Å². The number of aryl methyl sites for hydroxylation is 1. The van der Waals surface area contributed by atoms with Crippen molar-refractivity contribution in [2.24, 2.45) is 0 Å². The molecule has 4 aromatic rings. The standard InChI is InChI=1S/C16H11ClN4/c1-10-13-7-2-3-8-14(13)16-19-18-15(21(16)20-10)11-5-4-6-12(17)9-11/h2-9H,1H3. The highest BCUT2D eigenvalue weighted by atomic mass is 35.5. The molecule has 5 heteroatoms. The van der Waals surface area contributed by atoms with Crippen molar-refractivity contribution >= 4 is 28.0 Å². The van der Waals surface area contributed by atoms with Crippen molar-refractivity contribution in [3.8, 4) is 11.4 Å². The second kappa shape index (κ2) is 4.53. The molecule has 0 amide bonds. The molecular formula is C16H11ClN4. The molecule has 0 bridgehead atoms. The van der Waals surface area contributed by atoms with Crippen LogP contribution in [0.4, 0.5) is 0 Å². The first-order valence-electron chi connectivity index (χ1n) is 6.61. The molecule has 2 heterocycles. The first-order chi connectivity index (χ1) is 10.2. The summed E-state index contributed by atoms with van der Waals surface area (Å²) in [6.45, 7) is 1.99. The van der Waals surface area contributed by atoms with Gasteiger partial charge in [-0.1, -0.05) is 48.0 Å². The fourth-order valence-corrected chi connectivity index (χ4v) is 2.74. The van der Waals surface area contributed by atoms with Crippen LogP contribution in [0.25, 0.3) is 27.8 Å². The van der Waals surface area contributed by atoms with Crippen LogP contribution < -0.4 is 0 Å². The Kier molecular flexibility index (Phi) is 2.65. The normalized spacial score (nSPS) is 11.3. The van der Waals surface area contributed by atoms with Crippen LogP contribution >= 0.6 is 11.6 Å². The molecule has 21 heavy (non-hydrogen) atoms. The molecule has 0 atom stereocenters. The number of aromatic nitrogens is 4. The lowest BCUT2D eigenvalue weighted by Gasteiger charge is -2.05. The summed E-state index contributed by atoms with van der Waals surface area (Å²) < 4.78 is 1.78. The molecule has 0 unspecified atom stereocenters. The van der Waals surface area contributed by atoms with Gasteiger partial charge >= 0.3 is 0 Å². The number of hydrogen-bond donors (Lipinski definition) is 0. The Morgan fingerprint density at radius 3 is 2.57 bits per heavy atom. The predicted octanol–water partition coefficient (Wildman–Crippen LogP) is 3.91. The molecule has 0 spiro atoms. The van der Waals surface area contributed by atoms with E-state index < -0.39 is 0 Å². The first kappa shape index (κ1) is 12.3. The fourth-order valence-electron chi connectivity index (χ4n) is 2.55. The van der Waals surface area contributed by atoms with Gasteiger partial charge in [0.25, 0.3) is 0 Å². The lowest BCUT2D eigenvalue weighted by Crippen LogP contribution is -1.98. The van der Waals surface area contributed by atoms with Gasteiger partial charge in [-0.25, -0.2) is 0 Å². The summed E-state index contributed by atoms with van der Waals surface area (Å²) in [4.78, 5) is 0. The average molecular weight is 295 g/mol. The van der Waals surface area contributed by atoms with Crippen molar-refractivity contribution < 1.29 is 0 Å². The van der Waals surface area contributed by atoms with Gasteiger partial charge in [-0.05, 0) is 19.1 Å². The van der Waals surface area contributed by atoms with E-state index in [1.165, 1.54) is 0 Å². The smallest absolute Gasteiger partial charge is 0.186 e. The van der Waals surface area contributed by atoms with Crippen LogP contribution in [0.5, 0.6) is 0 Å². The lowest BCUT2D eigenvalue weighted by atomic mass is 10.1. The third-order valence-corrected chi connectivity index (χ3v) is 3.77. The Morgan fingerprint density at radius 1 is 0.952 bits per heavy atom. The molecule has 0 aliphatic heterocycles. The lowest BCUT2D eigenvalue weighted by molar-refractivity contribution is 0.915. The van der Waals surface area contributed by atoms with E-state index in [2.05, 4.69) is 15.3 Å². The van der Waals surface area contributed by atoms with Gasteiger partial charge < -0.3 is 0 Å². The average Bonchev–Trinajstić information content (AvgIpc) is 2.91. The Hall–Kier alpha value is -2.46. The van der Waals surface area contributed by atoms with E-state index in [9.17, 15) is 0 Å². The van der Waals surface area contributed by atoms with E-state index in [0.29, 0.717) is 10.8 Å². The molecule has 4 rings (SSSR count). The van der Waals surface area contributed by atoms with Crippen LogP contribution in [0.15, 0.2) is 48.5 Å². The number of benzene rings is 2. The zero-order valence-corrected chi connectivity index (χ0v) is 12.0. The molecule has 0 saturated heterocycles. The van der Waals surface area contributed by atoms with Crippen molar-refractivity contribution in [1.29, 1.82) is 0 Å². The summed E-state index contributed by atoms with van der Waals surface area (Å²) >= 11 is 6.06. The highest BCUT2D eigenvalue weighted by Gasteiger charge is 2.13. The minimum Gasteiger partial charge on any atom is -0.192 e. The summed E-state index contributed by atoms with van der Waals surface area (Å²) in [5, 5.41) is 16.0. The van der Waals surface area contributed by atoms with Crippen molar-refractivity contribution in [2.75, 3.05) is 0 Å². The summed E-state index contributed by atoms with van der Waals surface area (Å²) in [6.07, 6.45) is 0. The zero-order chi connectivity index (χ0) is 14.4. The molecule has 0 radical (unpaired) electrons. The first-order valence-corrected chi connectivity index (χ1v) is 6.98. The van der Waals surface area contributed by atoms with Crippen LogP contribution in [-0.2, 0) is 0 Å². The van der Waals surface area contributed by atoms with Gasteiger partial charge in [0.1, 0.15) is 0 Å². The van der Waals surface area contributed by atoms with Crippen molar-refractivity contribution in [3.05, 3.63) is 59.2 Å². The number of nitrogens with zero attached hydrogens (tertiary/aromatic N) is 4. The van der Waals surface area contributed by atoms with Crippen LogP contribution in [0.1, 0.15) is 5.69 Å². The van der Waals surface area contributed by atoms with Gasteiger partial charge in [-0.3, -0.25) is 0 Å². The van der Waals surface area contributed by atoms with Crippen molar-refractivity contribution in [3.63, 3.8) is 0 Å². The van der Waals surface area contributed by atoms with Crippen LogP contribution in [-0.4, -0.2) is 19.8 Å². The van der Waals surface area contributed by atoms with E-state index in [1.807, 2.05) is 55.5 Å². The van der Waals surface area contributed by atoms with Gasteiger partial charge in [0.15, 0.2) is 11.5 Å². The molecular weight excluding hydrogens is 284 g/mol. The number of halogens is 1. The highest BCUT2D eigenvalue weighted by molar-refractivity contribution is 6.30. The van der Waals surface area contributed by atoms with Gasteiger partial charge in [0.05, 0.1) is 5.69 Å². The Morgan fingerprint density at radius 2 is 1.76 bits per heavy atom. The molecule has 0 aliphatic carbocycles. The number of hydrogen-bond acceptors (Lipinski definition) is 3. The summed E-state index contributed by atoms with van der Waals surface area (Å²) in [5.41, 5.74) is 2.60. The topological polar surface area (TPSA) is 43.1 Å². The second-order valence-electron chi connectivity index (χ2n) is 4.90. The molecule has 0 saturated carbocycles. The second-order valence-corrected chi connectivity index (χ2v) is 5.34. The van der Waals surface area contributed by atoms with E-state index in [0.717, 1.165) is 27.7 Å². The molecule has 0 aliphatic rings. The van der Waals surface area contributed by atoms with E-state index in [1.54, 1.807) is 4.52 Å². The van der Waals surface area contributed by atoms with Gasteiger partial charge in [0, 0.05) is 21.4 Å².